The minimum atomic E-state index is -3.64. The topological polar surface area (TPSA) is 76.9 Å². The van der Waals surface area contributed by atoms with Crippen molar-refractivity contribution < 1.29 is 8.42 Å². The van der Waals surface area contributed by atoms with Crippen molar-refractivity contribution in [2.45, 2.75) is 37.8 Å². The van der Waals surface area contributed by atoms with Gasteiger partial charge in [-0.15, -0.1) is 0 Å². The minimum absolute atomic E-state index is 0.0856. The molecule has 2 aromatic heterocycles. The summed E-state index contributed by atoms with van der Waals surface area (Å²) in [6.07, 6.45) is 3.68. The molecule has 0 aliphatic rings. The third-order valence-electron chi connectivity index (χ3n) is 4.96. The summed E-state index contributed by atoms with van der Waals surface area (Å²) in [7, 11) is -3.64. The molecule has 0 saturated carbocycles. The molecular weight excluding hydrogens is 396 g/mol. The summed E-state index contributed by atoms with van der Waals surface area (Å²) in [4.78, 5) is 9.32. The Labute approximate surface area is 176 Å². The lowest BCUT2D eigenvalue weighted by molar-refractivity contribution is 0.576. The second kappa shape index (κ2) is 8.77. The molecule has 0 saturated heterocycles. The molecule has 0 amide bonds. The van der Waals surface area contributed by atoms with Gasteiger partial charge in [0.15, 0.2) is 5.65 Å². The zero-order valence-electron chi connectivity index (χ0n) is 16.8. The van der Waals surface area contributed by atoms with Crippen LogP contribution in [0.1, 0.15) is 30.3 Å². The first kappa shape index (κ1) is 20.3. The largest absolute Gasteiger partial charge is 0.307 e. The SMILES string of the molecule is CCCc1ccc(S(=O)(=O)NCc2nc3cccnc3n2Cc2ccccc2)cc1. The van der Waals surface area contributed by atoms with Crippen molar-refractivity contribution in [1.82, 2.24) is 19.3 Å². The van der Waals surface area contributed by atoms with Gasteiger partial charge in [0.25, 0.3) is 0 Å². The Kier molecular flexibility index (Phi) is 5.92. The van der Waals surface area contributed by atoms with E-state index in [9.17, 15) is 8.42 Å². The Morgan fingerprint density at radius 3 is 2.43 bits per heavy atom. The molecule has 154 valence electrons. The van der Waals surface area contributed by atoms with Crippen LogP contribution in [0.15, 0.2) is 77.8 Å². The van der Waals surface area contributed by atoms with Crippen molar-refractivity contribution in [2.24, 2.45) is 0 Å². The van der Waals surface area contributed by atoms with Gasteiger partial charge in [-0.25, -0.2) is 23.1 Å². The van der Waals surface area contributed by atoms with E-state index < -0.39 is 10.0 Å². The lowest BCUT2D eigenvalue weighted by Crippen LogP contribution is -2.25. The highest BCUT2D eigenvalue weighted by molar-refractivity contribution is 7.89. The quantitative estimate of drug-likeness (QED) is 0.469. The molecule has 2 aromatic carbocycles. The van der Waals surface area contributed by atoms with Crippen molar-refractivity contribution in [3.05, 3.63) is 89.9 Å². The van der Waals surface area contributed by atoms with Gasteiger partial charge in [-0.1, -0.05) is 55.8 Å². The maximum absolute atomic E-state index is 12.8. The number of sulfonamides is 1. The molecular formula is C23H24N4O2S. The monoisotopic (exact) mass is 420 g/mol. The van der Waals surface area contributed by atoms with E-state index >= 15 is 0 Å². The van der Waals surface area contributed by atoms with E-state index in [1.54, 1.807) is 18.3 Å². The van der Waals surface area contributed by atoms with E-state index in [1.165, 1.54) is 0 Å². The molecule has 30 heavy (non-hydrogen) atoms. The van der Waals surface area contributed by atoms with Crippen LogP contribution >= 0.6 is 0 Å². The number of imidazole rings is 1. The molecule has 0 aliphatic carbocycles. The standard InChI is InChI=1S/C23H24N4O2S/c1-2-7-18-11-13-20(14-12-18)30(28,29)25-16-22-26-21-10-6-15-24-23(21)27(22)17-19-8-4-3-5-9-19/h3-6,8-15,25H,2,7,16-17H2,1H3. The smallest absolute Gasteiger partial charge is 0.240 e. The fourth-order valence-corrected chi connectivity index (χ4v) is 4.42. The van der Waals surface area contributed by atoms with E-state index in [2.05, 4.69) is 21.6 Å². The number of fused-ring (bicyclic) bond motifs is 1. The number of rotatable bonds is 8. The number of pyridine rings is 1. The second-order valence-corrected chi connectivity index (χ2v) is 8.93. The number of nitrogens with one attached hydrogen (secondary N) is 1. The first-order valence-corrected chi connectivity index (χ1v) is 11.5. The van der Waals surface area contributed by atoms with Gasteiger partial charge in [0.1, 0.15) is 11.3 Å². The summed E-state index contributed by atoms with van der Waals surface area (Å²) in [6.45, 7) is 2.75. The highest BCUT2D eigenvalue weighted by atomic mass is 32.2. The molecule has 2 heterocycles. The van der Waals surface area contributed by atoms with Gasteiger partial charge in [0.05, 0.1) is 18.0 Å². The van der Waals surface area contributed by atoms with Crippen LogP contribution in [0, 0.1) is 0 Å². The Bertz CT molecular complexity index is 1230. The summed E-state index contributed by atoms with van der Waals surface area (Å²) in [5, 5.41) is 0. The number of hydrogen-bond donors (Lipinski definition) is 1. The fourth-order valence-electron chi connectivity index (χ4n) is 3.44. The average Bonchev–Trinajstić information content (AvgIpc) is 3.11. The van der Waals surface area contributed by atoms with E-state index in [0.717, 1.165) is 35.1 Å². The Morgan fingerprint density at radius 2 is 1.70 bits per heavy atom. The van der Waals surface area contributed by atoms with Gasteiger partial charge >= 0.3 is 0 Å². The van der Waals surface area contributed by atoms with Crippen LogP contribution in [0.3, 0.4) is 0 Å². The molecule has 4 rings (SSSR count). The number of benzene rings is 2. The molecule has 0 fully saturated rings. The lowest BCUT2D eigenvalue weighted by Gasteiger charge is -2.11. The first-order chi connectivity index (χ1) is 14.6. The minimum Gasteiger partial charge on any atom is -0.307 e. The Hall–Kier alpha value is -3.03. The van der Waals surface area contributed by atoms with Crippen LogP contribution in [-0.4, -0.2) is 23.0 Å². The zero-order valence-corrected chi connectivity index (χ0v) is 17.6. The maximum atomic E-state index is 12.8. The number of nitrogens with zero attached hydrogens (tertiary/aromatic N) is 3. The average molecular weight is 421 g/mol. The Balaban J connectivity index is 1.59. The molecule has 4 aromatic rings. The predicted molar refractivity (Wildman–Crippen MR) is 118 cm³/mol. The van der Waals surface area contributed by atoms with Gasteiger partial charge in [0.2, 0.25) is 10.0 Å². The van der Waals surface area contributed by atoms with Crippen LogP contribution in [0.5, 0.6) is 0 Å². The van der Waals surface area contributed by atoms with Crippen molar-refractivity contribution >= 4 is 21.2 Å². The van der Waals surface area contributed by atoms with E-state index in [1.807, 2.05) is 59.2 Å². The molecule has 0 unspecified atom stereocenters. The normalized spacial score (nSPS) is 11.8. The highest BCUT2D eigenvalue weighted by Crippen LogP contribution is 2.17. The molecule has 0 spiro atoms. The van der Waals surface area contributed by atoms with Gasteiger partial charge in [-0.2, -0.15) is 0 Å². The maximum Gasteiger partial charge on any atom is 0.240 e. The summed E-state index contributed by atoms with van der Waals surface area (Å²) in [5.74, 6) is 0.624. The predicted octanol–water partition coefficient (Wildman–Crippen LogP) is 3.91. The van der Waals surface area contributed by atoms with Crippen LogP contribution < -0.4 is 4.72 Å². The van der Waals surface area contributed by atoms with Crippen molar-refractivity contribution in [2.75, 3.05) is 0 Å². The van der Waals surface area contributed by atoms with Gasteiger partial charge in [-0.05, 0) is 41.8 Å². The molecule has 0 aliphatic heterocycles. The van der Waals surface area contributed by atoms with Gasteiger partial charge < -0.3 is 4.57 Å². The summed E-state index contributed by atoms with van der Waals surface area (Å²) >= 11 is 0. The number of aryl methyl sites for hydroxylation is 1. The first-order valence-electron chi connectivity index (χ1n) is 9.99. The second-order valence-electron chi connectivity index (χ2n) is 7.16. The summed E-state index contributed by atoms with van der Waals surface area (Å²) < 4.78 is 30.2. The molecule has 1 N–H and O–H groups in total. The van der Waals surface area contributed by atoms with E-state index in [4.69, 9.17) is 0 Å². The number of aromatic nitrogens is 3. The molecule has 6 nitrogen and oxygen atoms in total. The summed E-state index contributed by atoms with van der Waals surface area (Å²) in [6, 6.07) is 20.7. The van der Waals surface area contributed by atoms with Crippen LogP contribution in [0.4, 0.5) is 0 Å². The van der Waals surface area contributed by atoms with Crippen molar-refractivity contribution in [3.8, 4) is 0 Å². The van der Waals surface area contributed by atoms with Gasteiger partial charge in [-0.3, -0.25) is 0 Å². The molecule has 0 radical (unpaired) electrons. The van der Waals surface area contributed by atoms with Crippen LogP contribution in [0.25, 0.3) is 11.2 Å². The lowest BCUT2D eigenvalue weighted by atomic mass is 10.1. The summed E-state index contributed by atoms with van der Waals surface area (Å²) in [5.41, 5.74) is 3.70. The van der Waals surface area contributed by atoms with E-state index in [0.29, 0.717) is 12.4 Å². The third kappa shape index (κ3) is 4.42. The van der Waals surface area contributed by atoms with Gasteiger partial charge in [0, 0.05) is 6.20 Å². The molecule has 7 heteroatoms. The zero-order chi connectivity index (χ0) is 21.0. The Morgan fingerprint density at radius 1 is 0.933 bits per heavy atom. The highest BCUT2D eigenvalue weighted by Gasteiger charge is 2.17. The fraction of sp³-hybridized carbons (Fsp3) is 0.217. The number of hydrogen-bond acceptors (Lipinski definition) is 4. The van der Waals surface area contributed by atoms with Crippen molar-refractivity contribution in [1.29, 1.82) is 0 Å². The molecule has 0 bridgehead atoms. The van der Waals surface area contributed by atoms with Crippen molar-refractivity contribution in [3.63, 3.8) is 0 Å². The third-order valence-corrected chi connectivity index (χ3v) is 6.38. The van der Waals surface area contributed by atoms with Crippen LogP contribution in [-0.2, 0) is 29.5 Å². The van der Waals surface area contributed by atoms with Crippen LogP contribution in [0.2, 0.25) is 0 Å². The van der Waals surface area contributed by atoms with E-state index in [-0.39, 0.29) is 11.4 Å². The molecule has 0 atom stereocenters.